The number of hydrogen-bond acceptors (Lipinski definition) is 4. The van der Waals surface area contributed by atoms with Gasteiger partial charge in [0.15, 0.2) is 5.78 Å². The van der Waals surface area contributed by atoms with Gasteiger partial charge in [0.1, 0.15) is 5.75 Å². The number of unbranched alkanes of at least 4 members (excludes halogenated alkanes) is 7. The van der Waals surface area contributed by atoms with Gasteiger partial charge < -0.3 is 14.9 Å². The van der Waals surface area contributed by atoms with E-state index in [2.05, 4.69) is 43.4 Å². The van der Waals surface area contributed by atoms with Crippen molar-refractivity contribution in [2.45, 2.75) is 96.8 Å². The number of carbonyl (C=O) groups is 3. The number of hydrogen-bond donors (Lipinski definition) is 2. The highest BCUT2D eigenvalue weighted by Crippen LogP contribution is 2.26. The second-order valence-corrected chi connectivity index (χ2v) is 9.58. The van der Waals surface area contributed by atoms with E-state index in [0.29, 0.717) is 16.9 Å². The molecule has 0 spiro atoms. The van der Waals surface area contributed by atoms with Crippen molar-refractivity contribution in [2.75, 3.05) is 7.11 Å². The molecule has 6 heteroatoms. The minimum Gasteiger partial charge on any atom is -0.497 e. The smallest absolute Gasteiger partial charge is 0.331 e. The second-order valence-electron chi connectivity index (χ2n) is 9.58. The van der Waals surface area contributed by atoms with Crippen LogP contribution in [0.3, 0.4) is 0 Å². The van der Waals surface area contributed by atoms with Crippen LogP contribution in [0.5, 0.6) is 5.75 Å². The Balaban J connectivity index is 0.000000400. The molecule has 1 aliphatic carbocycles. The highest BCUT2D eigenvalue weighted by atomic mass is 16.5. The predicted octanol–water partition coefficient (Wildman–Crippen LogP) is 8.58. The lowest BCUT2D eigenvalue weighted by Crippen LogP contribution is -2.02. The first-order valence-corrected chi connectivity index (χ1v) is 14.2. The van der Waals surface area contributed by atoms with Gasteiger partial charge in [-0.2, -0.15) is 0 Å². The summed E-state index contributed by atoms with van der Waals surface area (Å²) in [6, 6.07) is 5.08. The number of allylic oxidation sites excluding steroid dienone is 6. The van der Waals surface area contributed by atoms with Crippen LogP contribution in [-0.4, -0.2) is 35.0 Å². The van der Waals surface area contributed by atoms with Crippen LogP contribution >= 0.6 is 0 Å². The van der Waals surface area contributed by atoms with Gasteiger partial charge in [-0.25, -0.2) is 4.79 Å². The highest BCUT2D eigenvalue weighted by Gasteiger charge is 2.19. The maximum absolute atomic E-state index is 11.9. The molecule has 0 bridgehead atoms. The van der Waals surface area contributed by atoms with Gasteiger partial charge in [-0.05, 0) is 68.7 Å². The zero-order chi connectivity index (χ0) is 28.7. The number of ketones is 1. The molecule has 0 aliphatic heterocycles. The van der Waals surface area contributed by atoms with E-state index in [0.717, 1.165) is 25.7 Å². The van der Waals surface area contributed by atoms with Gasteiger partial charge in [0, 0.05) is 24.0 Å². The molecule has 1 aliphatic rings. The third-order valence-corrected chi connectivity index (χ3v) is 6.32. The van der Waals surface area contributed by atoms with Crippen LogP contribution in [0.4, 0.5) is 0 Å². The monoisotopic (exact) mass is 538 g/mol. The van der Waals surface area contributed by atoms with Crippen molar-refractivity contribution in [3.63, 3.8) is 0 Å². The number of benzene rings is 1. The van der Waals surface area contributed by atoms with Crippen molar-refractivity contribution in [1.82, 2.24) is 0 Å². The Morgan fingerprint density at radius 2 is 1.46 bits per heavy atom. The summed E-state index contributed by atoms with van der Waals surface area (Å²) in [5, 5.41) is 17.5. The molecule has 0 unspecified atom stereocenters. The highest BCUT2D eigenvalue weighted by molar-refractivity contribution is 6.04. The van der Waals surface area contributed by atoms with E-state index in [1.54, 1.807) is 24.3 Å². The third-order valence-electron chi connectivity index (χ3n) is 6.32. The Morgan fingerprint density at radius 3 is 2.08 bits per heavy atom. The van der Waals surface area contributed by atoms with Crippen molar-refractivity contribution in [2.24, 2.45) is 0 Å². The summed E-state index contributed by atoms with van der Waals surface area (Å²) in [4.78, 5) is 33.1. The number of rotatable bonds is 17. The van der Waals surface area contributed by atoms with E-state index in [1.165, 1.54) is 52.1 Å². The molecule has 2 rings (SSSR count). The molecule has 39 heavy (non-hydrogen) atoms. The summed E-state index contributed by atoms with van der Waals surface area (Å²) in [5.74, 6) is -1.13. The summed E-state index contributed by atoms with van der Waals surface area (Å²) >= 11 is 0. The molecular weight excluding hydrogens is 492 g/mol. The number of aliphatic carboxylic acids is 2. The fourth-order valence-electron chi connectivity index (χ4n) is 4.03. The van der Waals surface area contributed by atoms with Crippen LogP contribution in [0, 0.1) is 0 Å². The molecule has 0 heterocycles. The fourth-order valence-corrected chi connectivity index (χ4v) is 4.03. The molecule has 0 saturated heterocycles. The first-order valence-electron chi connectivity index (χ1n) is 14.2. The normalized spacial score (nSPS) is 13.2. The second kappa shape index (κ2) is 21.5. The van der Waals surface area contributed by atoms with Gasteiger partial charge in [0.05, 0.1) is 7.11 Å². The summed E-state index contributed by atoms with van der Waals surface area (Å²) in [5.41, 5.74) is 1.44. The summed E-state index contributed by atoms with van der Waals surface area (Å²) in [6.07, 6.45) is 28.4. The number of carbonyl (C=O) groups excluding carboxylic acids is 1. The SMILES string of the molecule is CCCCCCCCC=CCC=CCC=CCCCC(=O)O.COc1ccc2c(c1)C(=O)CCC(C(=O)O)=C2. The standard InChI is InChI=1S/C20H34O2.C13H12O4/c1-2-3-4-5-6-7-8-9-10-11-12-13-14-15-16-17-18-19-20(21)22;1-17-10-4-2-8-6-9(13(15)16)3-5-12(14)11(8)7-10/h9-10,12-13,15-16H,2-8,11,14,17-19H2,1H3,(H,21,22);2,4,6-7H,3,5H2,1H3,(H,15,16). The molecular formula is C33H46O6. The minimum atomic E-state index is -0.971. The van der Waals surface area contributed by atoms with Crippen molar-refractivity contribution in [1.29, 1.82) is 0 Å². The summed E-state index contributed by atoms with van der Waals surface area (Å²) < 4.78 is 5.05. The molecule has 0 radical (unpaired) electrons. The lowest BCUT2D eigenvalue weighted by molar-refractivity contribution is -0.137. The zero-order valence-corrected chi connectivity index (χ0v) is 23.7. The van der Waals surface area contributed by atoms with Crippen molar-refractivity contribution in [3.8, 4) is 5.75 Å². The molecule has 1 aromatic carbocycles. The van der Waals surface area contributed by atoms with Gasteiger partial charge in [0.2, 0.25) is 0 Å². The van der Waals surface area contributed by atoms with Crippen molar-refractivity contribution >= 4 is 23.8 Å². The molecule has 0 saturated carbocycles. The predicted molar refractivity (Wildman–Crippen MR) is 158 cm³/mol. The fraction of sp³-hybridized carbons (Fsp3) is 0.485. The van der Waals surface area contributed by atoms with Crippen LogP contribution in [0.2, 0.25) is 0 Å². The number of fused-ring (bicyclic) bond motifs is 1. The molecule has 6 nitrogen and oxygen atoms in total. The lowest BCUT2D eigenvalue weighted by Gasteiger charge is -2.05. The molecule has 1 aromatic rings. The number of ether oxygens (including phenoxy) is 1. The first kappa shape index (κ1) is 33.6. The lowest BCUT2D eigenvalue weighted by atomic mass is 10.0. The largest absolute Gasteiger partial charge is 0.497 e. The van der Waals surface area contributed by atoms with Gasteiger partial charge in [-0.1, -0.05) is 81.6 Å². The third kappa shape index (κ3) is 16.2. The van der Waals surface area contributed by atoms with E-state index in [1.807, 2.05) is 0 Å². The molecule has 214 valence electrons. The van der Waals surface area contributed by atoms with E-state index >= 15 is 0 Å². The van der Waals surface area contributed by atoms with Gasteiger partial charge in [0.25, 0.3) is 0 Å². The van der Waals surface area contributed by atoms with Crippen molar-refractivity contribution in [3.05, 3.63) is 71.4 Å². The molecule has 0 aromatic heterocycles. The first-order chi connectivity index (χ1) is 18.9. The van der Waals surface area contributed by atoms with E-state index < -0.39 is 11.9 Å². The molecule has 0 atom stereocenters. The Kier molecular flexibility index (Phi) is 18.5. The summed E-state index contributed by atoms with van der Waals surface area (Å²) in [7, 11) is 1.53. The van der Waals surface area contributed by atoms with Gasteiger partial charge >= 0.3 is 11.9 Å². The van der Waals surface area contributed by atoms with Crippen molar-refractivity contribution < 1.29 is 29.3 Å². The Bertz CT molecular complexity index is 999. The Hall–Kier alpha value is -3.41. The van der Waals surface area contributed by atoms with E-state index in [-0.39, 0.29) is 30.6 Å². The number of carboxylic acid groups (broad SMARTS) is 2. The van der Waals surface area contributed by atoms with Crippen LogP contribution in [-0.2, 0) is 9.59 Å². The number of methoxy groups -OCH3 is 1. The average molecular weight is 539 g/mol. The maximum atomic E-state index is 11.9. The van der Waals surface area contributed by atoms with Gasteiger partial charge in [-0.15, -0.1) is 0 Å². The quantitative estimate of drug-likeness (QED) is 0.152. The molecule has 0 fully saturated rings. The summed E-state index contributed by atoms with van der Waals surface area (Å²) in [6.45, 7) is 2.26. The molecule has 0 amide bonds. The Labute approximate surface area is 234 Å². The minimum absolute atomic E-state index is 0.0496. The number of Topliss-reactive ketones (excluding diaryl/α,β-unsaturated/α-hetero) is 1. The molecule has 2 N–H and O–H groups in total. The van der Waals surface area contributed by atoms with E-state index in [4.69, 9.17) is 14.9 Å². The van der Waals surface area contributed by atoms with Crippen LogP contribution in [0.1, 0.15) is 113 Å². The van der Waals surface area contributed by atoms with Crippen LogP contribution in [0.25, 0.3) is 6.08 Å². The topological polar surface area (TPSA) is 101 Å². The average Bonchev–Trinajstić information content (AvgIpc) is 3.09. The van der Waals surface area contributed by atoms with E-state index in [9.17, 15) is 14.4 Å². The van der Waals surface area contributed by atoms with Crippen LogP contribution in [0.15, 0.2) is 60.2 Å². The Morgan fingerprint density at radius 1 is 0.846 bits per heavy atom. The van der Waals surface area contributed by atoms with Crippen LogP contribution < -0.4 is 4.74 Å². The number of carboxylic acids is 2. The maximum Gasteiger partial charge on any atom is 0.331 e. The van der Waals surface area contributed by atoms with Gasteiger partial charge in [-0.3, -0.25) is 9.59 Å². The zero-order valence-electron chi connectivity index (χ0n) is 23.7.